The molecule has 6 nitrogen and oxygen atoms in total. The molecule has 28 heavy (non-hydrogen) atoms. The molecule has 0 aromatic carbocycles. The SMILES string of the molecule is CCC(=O)O[C@H](CC[C@H](N)[C@H](C[C@H](O)CC)OC)[C@H](C)C(OC)[C@H](C)/C=C/I. The lowest BCUT2D eigenvalue weighted by Gasteiger charge is -2.33. The molecule has 0 aromatic heterocycles. The van der Waals surface area contributed by atoms with Crippen LogP contribution in [-0.4, -0.2) is 55.8 Å². The van der Waals surface area contributed by atoms with E-state index in [0.29, 0.717) is 32.1 Å². The smallest absolute Gasteiger partial charge is 0.305 e. The number of aliphatic hydroxyl groups is 1. The molecule has 0 aromatic rings. The van der Waals surface area contributed by atoms with Crippen LogP contribution in [0.1, 0.15) is 59.8 Å². The molecule has 166 valence electrons. The summed E-state index contributed by atoms with van der Waals surface area (Å²) < 4.78 is 18.9. The summed E-state index contributed by atoms with van der Waals surface area (Å²) in [6, 6.07) is -0.242. The molecule has 0 amide bonds. The van der Waals surface area contributed by atoms with Crippen molar-refractivity contribution >= 4 is 28.6 Å². The van der Waals surface area contributed by atoms with Crippen molar-refractivity contribution in [3.05, 3.63) is 10.2 Å². The van der Waals surface area contributed by atoms with Gasteiger partial charge in [-0.25, -0.2) is 0 Å². The highest BCUT2D eigenvalue weighted by molar-refractivity contribution is 14.1. The molecule has 0 saturated carbocycles. The van der Waals surface area contributed by atoms with Gasteiger partial charge in [-0.2, -0.15) is 0 Å². The molecular formula is C21H40INO5. The first kappa shape index (κ1) is 27.8. The van der Waals surface area contributed by atoms with E-state index in [1.165, 1.54) is 0 Å². The van der Waals surface area contributed by atoms with Gasteiger partial charge >= 0.3 is 5.97 Å². The molecule has 3 N–H and O–H groups in total. The fraction of sp³-hybridized carbons (Fsp3) is 0.857. The average molecular weight is 513 g/mol. The Balaban J connectivity index is 5.16. The van der Waals surface area contributed by atoms with Crippen LogP contribution in [0, 0.1) is 11.8 Å². The normalized spacial score (nSPS) is 19.6. The van der Waals surface area contributed by atoms with Gasteiger partial charge < -0.3 is 25.1 Å². The largest absolute Gasteiger partial charge is 0.462 e. The van der Waals surface area contributed by atoms with Crippen LogP contribution in [0.5, 0.6) is 0 Å². The second-order valence-corrected chi connectivity index (χ2v) is 8.15. The van der Waals surface area contributed by atoms with Gasteiger partial charge in [-0.1, -0.05) is 56.4 Å². The first-order valence-electron chi connectivity index (χ1n) is 10.2. The van der Waals surface area contributed by atoms with E-state index in [2.05, 4.69) is 42.5 Å². The fourth-order valence-electron chi connectivity index (χ4n) is 3.45. The number of carbonyl (C=O) groups excluding carboxylic acids is 1. The topological polar surface area (TPSA) is 91.0 Å². The maximum absolute atomic E-state index is 12.0. The van der Waals surface area contributed by atoms with E-state index in [4.69, 9.17) is 19.9 Å². The lowest BCUT2D eigenvalue weighted by atomic mass is 9.86. The predicted octanol–water partition coefficient (Wildman–Crippen LogP) is 3.83. The summed E-state index contributed by atoms with van der Waals surface area (Å²) in [7, 11) is 3.30. The van der Waals surface area contributed by atoms with Crippen molar-refractivity contribution in [1.82, 2.24) is 0 Å². The zero-order valence-electron chi connectivity index (χ0n) is 18.3. The molecule has 0 heterocycles. The Morgan fingerprint density at radius 1 is 1.14 bits per heavy atom. The van der Waals surface area contributed by atoms with Gasteiger partial charge in [0.25, 0.3) is 0 Å². The number of aliphatic hydroxyl groups excluding tert-OH is 1. The summed E-state index contributed by atoms with van der Waals surface area (Å²) >= 11 is 2.20. The van der Waals surface area contributed by atoms with Crippen molar-refractivity contribution in [1.29, 1.82) is 0 Å². The van der Waals surface area contributed by atoms with Crippen LogP contribution in [0.2, 0.25) is 0 Å². The quantitative estimate of drug-likeness (QED) is 0.256. The zero-order valence-corrected chi connectivity index (χ0v) is 20.4. The monoisotopic (exact) mass is 513 g/mol. The van der Waals surface area contributed by atoms with Gasteiger partial charge in [0.15, 0.2) is 0 Å². The van der Waals surface area contributed by atoms with Crippen LogP contribution in [0.25, 0.3) is 0 Å². The third-order valence-electron chi connectivity index (χ3n) is 5.38. The van der Waals surface area contributed by atoms with E-state index in [-0.39, 0.29) is 42.2 Å². The van der Waals surface area contributed by atoms with Crippen LogP contribution in [0.15, 0.2) is 10.2 Å². The molecule has 0 spiro atoms. The van der Waals surface area contributed by atoms with Crippen LogP contribution in [0.3, 0.4) is 0 Å². The van der Waals surface area contributed by atoms with E-state index in [0.717, 1.165) is 0 Å². The Kier molecular flexibility index (Phi) is 15.5. The second-order valence-electron chi connectivity index (χ2n) is 7.43. The van der Waals surface area contributed by atoms with E-state index in [1.807, 2.05) is 11.0 Å². The van der Waals surface area contributed by atoms with Crippen molar-refractivity contribution in [3.8, 4) is 0 Å². The zero-order chi connectivity index (χ0) is 21.7. The summed E-state index contributed by atoms with van der Waals surface area (Å²) in [5, 5.41) is 9.91. The van der Waals surface area contributed by atoms with Crippen LogP contribution in [0.4, 0.5) is 0 Å². The Bertz CT molecular complexity index is 449. The number of hydrogen-bond acceptors (Lipinski definition) is 6. The molecule has 0 saturated heterocycles. The Hall–Kier alpha value is -0.220. The molecule has 0 aliphatic rings. The second kappa shape index (κ2) is 15.6. The molecule has 7 heteroatoms. The maximum Gasteiger partial charge on any atom is 0.305 e. The number of hydrogen-bond donors (Lipinski definition) is 2. The fourth-order valence-corrected chi connectivity index (χ4v) is 4.10. The summed E-state index contributed by atoms with van der Waals surface area (Å²) in [5.74, 6) is -0.0144. The summed E-state index contributed by atoms with van der Waals surface area (Å²) in [6.45, 7) is 7.87. The van der Waals surface area contributed by atoms with Gasteiger partial charge in [-0.3, -0.25) is 4.79 Å². The highest BCUT2D eigenvalue weighted by Gasteiger charge is 2.32. The van der Waals surface area contributed by atoms with Gasteiger partial charge in [0.2, 0.25) is 0 Å². The minimum atomic E-state index is -0.428. The average Bonchev–Trinajstić information content (AvgIpc) is 2.68. The number of methoxy groups -OCH3 is 2. The summed E-state index contributed by atoms with van der Waals surface area (Å²) in [4.78, 5) is 12.0. The maximum atomic E-state index is 12.0. The number of nitrogens with two attached hydrogens (primary N) is 1. The highest BCUT2D eigenvalue weighted by Crippen LogP contribution is 2.27. The van der Waals surface area contributed by atoms with Crippen molar-refractivity contribution < 1.29 is 24.1 Å². The Morgan fingerprint density at radius 2 is 1.79 bits per heavy atom. The van der Waals surface area contributed by atoms with Gasteiger partial charge in [-0.15, -0.1) is 0 Å². The van der Waals surface area contributed by atoms with Crippen LogP contribution < -0.4 is 5.73 Å². The van der Waals surface area contributed by atoms with Gasteiger partial charge in [0, 0.05) is 44.9 Å². The first-order valence-corrected chi connectivity index (χ1v) is 11.5. The predicted molar refractivity (Wildman–Crippen MR) is 121 cm³/mol. The minimum absolute atomic E-state index is 0.0116. The Morgan fingerprint density at radius 3 is 2.25 bits per heavy atom. The number of halogens is 1. The molecular weight excluding hydrogens is 473 g/mol. The minimum Gasteiger partial charge on any atom is -0.462 e. The number of esters is 1. The molecule has 7 atom stereocenters. The van der Waals surface area contributed by atoms with Crippen LogP contribution in [-0.2, 0) is 19.0 Å². The van der Waals surface area contributed by atoms with E-state index < -0.39 is 6.10 Å². The lowest BCUT2D eigenvalue weighted by Crippen LogP contribution is -2.42. The number of carbonyl (C=O) groups is 1. The third kappa shape index (κ3) is 10.0. The molecule has 0 aliphatic carbocycles. The Labute approximate surface area is 184 Å². The molecule has 0 bridgehead atoms. The molecule has 0 rings (SSSR count). The number of ether oxygens (including phenoxy) is 3. The van der Waals surface area contributed by atoms with Crippen molar-refractivity contribution in [3.63, 3.8) is 0 Å². The van der Waals surface area contributed by atoms with Gasteiger partial charge in [0.1, 0.15) is 6.10 Å². The molecule has 0 aliphatic heterocycles. The van der Waals surface area contributed by atoms with Crippen LogP contribution >= 0.6 is 22.6 Å². The van der Waals surface area contributed by atoms with Crippen molar-refractivity contribution in [2.24, 2.45) is 17.6 Å². The van der Waals surface area contributed by atoms with Crippen molar-refractivity contribution in [2.45, 2.75) is 90.3 Å². The summed E-state index contributed by atoms with van der Waals surface area (Å²) in [5.41, 5.74) is 6.34. The number of rotatable bonds is 15. The van der Waals surface area contributed by atoms with E-state index in [9.17, 15) is 9.90 Å². The molecule has 0 fully saturated rings. The van der Waals surface area contributed by atoms with Gasteiger partial charge in [0.05, 0.1) is 18.3 Å². The molecule has 0 radical (unpaired) electrons. The van der Waals surface area contributed by atoms with E-state index in [1.54, 1.807) is 21.1 Å². The molecule has 1 unspecified atom stereocenters. The summed E-state index contributed by atoms with van der Waals surface area (Å²) in [6.07, 6.45) is 3.82. The first-order chi connectivity index (χ1) is 13.2. The standard InChI is InChI=1S/C21H40INO5/c1-7-16(24)13-19(26-5)17(23)9-10-18(28-20(25)8-2)15(4)21(27-6)14(3)11-12-22/h11-12,14-19,21,24H,7-10,13,23H2,1-6H3/b12-11+/t14-,15+,16-,17+,18-,19+,21?/m1/s1. The van der Waals surface area contributed by atoms with Gasteiger partial charge in [-0.05, 0) is 23.3 Å². The highest BCUT2D eigenvalue weighted by atomic mass is 127. The third-order valence-corrected chi connectivity index (χ3v) is 5.80. The lowest BCUT2D eigenvalue weighted by molar-refractivity contribution is -0.155. The van der Waals surface area contributed by atoms with Crippen molar-refractivity contribution in [2.75, 3.05) is 14.2 Å². The van der Waals surface area contributed by atoms with E-state index >= 15 is 0 Å².